The number of carbonyl (C=O) groups excluding carboxylic acids is 1. The van der Waals surface area contributed by atoms with Gasteiger partial charge in [0.1, 0.15) is 30.2 Å². The van der Waals surface area contributed by atoms with Crippen LogP contribution in [0.3, 0.4) is 0 Å². The lowest BCUT2D eigenvalue weighted by atomic mass is 9.90. The van der Waals surface area contributed by atoms with Gasteiger partial charge in [-0.15, -0.1) is 11.8 Å². The topological polar surface area (TPSA) is 99.5 Å². The van der Waals surface area contributed by atoms with Crippen LogP contribution in [0.1, 0.15) is 54.2 Å². The average molecular weight is 598 g/mol. The van der Waals surface area contributed by atoms with Crippen LogP contribution in [0.5, 0.6) is 5.75 Å². The summed E-state index contributed by atoms with van der Waals surface area (Å²) in [4.78, 5) is 14.2. The molecule has 5 rings (SSSR count). The Hall–Kier alpha value is -2.59. The molecule has 0 bridgehead atoms. The lowest BCUT2D eigenvalue weighted by Gasteiger charge is -2.41. The molecule has 2 heterocycles. The van der Waals surface area contributed by atoms with E-state index in [-0.39, 0.29) is 6.04 Å². The van der Waals surface area contributed by atoms with E-state index in [4.69, 9.17) is 21.1 Å². The molecule has 6 atom stereocenters. The summed E-state index contributed by atoms with van der Waals surface area (Å²) in [5, 5.41) is 32.9. The third-order valence-electron chi connectivity index (χ3n) is 7.85. The van der Waals surface area contributed by atoms with Crippen LogP contribution in [0, 0.1) is 0 Å². The highest BCUT2D eigenvalue weighted by Crippen LogP contribution is 2.37. The molecule has 3 N–H and O–H groups in total. The first kappa shape index (κ1) is 29.9. The molecule has 9 heteroatoms. The molecule has 2 fully saturated rings. The summed E-state index contributed by atoms with van der Waals surface area (Å²) >= 11 is 8.04. The van der Waals surface area contributed by atoms with Crippen molar-refractivity contribution in [2.24, 2.45) is 0 Å². The van der Waals surface area contributed by atoms with E-state index in [0.717, 1.165) is 53.1 Å². The second-order valence-corrected chi connectivity index (χ2v) is 12.1. The summed E-state index contributed by atoms with van der Waals surface area (Å²) in [5.41, 5.74) is 3.71. The van der Waals surface area contributed by atoms with Crippen molar-refractivity contribution in [3.05, 3.63) is 94.0 Å². The first-order chi connectivity index (χ1) is 19.9. The van der Waals surface area contributed by atoms with Crippen molar-refractivity contribution in [3.63, 3.8) is 0 Å². The number of carbonyl (C=O) groups is 1. The van der Waals surface area contributed by atoms with Crippen LogP contribution in [0.25, 0.3) is 0 Å². The van der Waals surface area contributed by atoms with Crippen LogP contribution < -0.4 is 4.74 Å². The molecule has 0 saturated carbocycles. The highest BCUT2D eigenvalue weighted by atomic mass is 35.5. The molecule has 1 unspecified atom stereocenters. The highest BCUT2D eigenvalue weighted by Gasteiger charge is 2.44. The first-order valence-corrected chi connectivity index (χ1v) is 15.4. The number of likely N-dealkylation sites (tertiary alicyclic amines) is 1. The monoisotopic (exact) mass is 597 g/mol. The van der Waals surface area contributed by atoms with Gasteiger partial charge in [-0.05, 0) is 78.8 Å². The lowest BCUT2D eigenvalue weighted by Crippen LogP contribution is -2.54. The van der Waals surface area contributed by atoms with Crippen molar-refractivity contribution in [1.82, 2.24) is 4.90 Å². The Morgan fingerprint density at radius 1 is 1.00 bits per heavy atom. The number of nitrogens with zero attached hydrogens (tertiary/aromatic N) is 1. The van der Waals surface area contributed by atoms with Gasteiger partial charge in [0.25, 0.3) is 0 Å². The zero-order chi connectivity index (χ0) is 28.9. The van der Waals surface area contributed by atoms with Crippen molar-refractivity contribution < 1.29 is 29.6 Å². The fraction of sp³-hybridized carbons (Fsp3) is 0.406. The fourth-order valence-electron chi connectivity index (χ4n) is 5.60. The third kappa shape index (κ3) is 6.91. The van der Waals surface area contributed by atoms with Crippen LogP contribution in [-0.4, -0.2) is 69.9 Å². The normalized spacial score (nSPS) is 26.2. The fourth-order valence-corrected chi connectivity index (χ4v) is 6.74. The molecule has 3 aromatic carbocycles. The summed E-state index contributed by atoms with van der Waals surface area (Å²) < 4.78 is 11.8. The van der Waals surface area contributed by atoms with Gasteiger partial charge in [0, 0.05) is 22.2 Å². The summed E-state index contributed by atoms with van der Waals surface area (Å²) in [5.74, 6) is 1.19. The molecule has 0 spiro atoms. The number of benzene rings is 3. The Balaban J connectivity index is 1.26. The second kappa shape index (κ2) is 13.6. The van der Waals surface area contributed by atoms with Crippen LogP contribution in [-0.2, 0) is 16.0 Å². The maximum atomic E-state index is 11.3. The number of halogens is 1. The minimum absolute atomic E-state index is 0.117. The summed E-state index contributed by atoms with van der Waals surface area (Å²) in [7, 11) is 0. The molecule has 1 amide bonds. The van der Waals surface area contributed by atoms with Gasteiger partial charge in [-0.2, -0.15) is 0 Å². The smallest absolute Gasteiger partial charge is 0.210 e. The molecule has 7 nitrogen and oxygen atoms in total. The largest absolute Gasteiger partial charge is 0.494 e. The Kier molecular flexibility index (Phi) is 9.91. The van der Waals surface area contributed by atoms with E-state index < -0.39 is 30.5 Å². The van der Waals surface area contributed by atoms with E-state index in [2.05, 4.69) is 0 Å². The molecule has 3 aromatic rings. The molecule has 0 aliphatic carbocycles. The predicted molar refractivity (Wildman–Crippen MR) is 159 cm³/mol. The Labute approximate surface area is 250 Å². The quantitative estimate of drug-likeness (QED) is 0.225. The minimum atomic E-state index is -1.36. The Morgan fingerprint density at radius 3 is 2.44 bits per heavy atom. The molecule has 2 aliphatic heterocycles. The SMILES string of the molecule is CCOc1ccc(Cc2cc([C@@H]3O[C@H](CSc4ccc(C5CCCN5C=O)cc4)[C@@H](O)[C@H](O)[C@H]3O)ccc2Cl)cc1. The third-order valence-corrected chi connectivity index (χ3v) is 9.32. The molecule has 0 aromatic heterocycles. The lowest BCUT2D eigenvalue weighted by molar-refractivity contribution is -0.218. The standard InChI is InChI=1S/C32H36ClNO6S/c1-2-39-24-10-5-20(6-11-24)16-23-17-22(9-14-26(23)33)32-31(38)30(37)29(36)28(40-32)18-41-25-12-7-21(8-13-25)27-4-3-15-34(27)19-35/h5-14,17,19,27-32,36-38H,2-4,15-16,18H2,1H3/t27?,28-,29-,30+,31-,32+/m1/s1. The van der Waals surface area contributed by atoms with Crippen LogP contribution in [0.15, 0.2) is 71.6 Å². The maximum absolute atomic E-state index is 11.3. The Bertz CT molecular complexity index is 1310. The van der Waals surface area contributed by atoms with Gasteiger partial charge in [0.2, 0.25) is 6.41 Å². The van der Waals surface area contributed by atoms with E-state index in [1.807, 2.05) is 66.4 Å². The van der Waals surface area contributed by atoms with E-state index in [9.17, 15) is 20.1 Å². The number of ether oxygens (including phenoxy) is 2. The maximum Gasteiger partial charge on any atom is 0.210 e. The predicted octanol–water partition coefficient (Wildman–Crippen LogP) is 4.94. The van der Waals surface area contributed by atoms with E-state index >= 15 is 0 Å². The number of amides is 1. The number of hydrogen-bond donors (Lipinski definition) is 3. The Morgan fingerprint density at radius 2 is 1.73 bits per heavy atom. The number of thioether (sulfide) groups is 1. The van der Waals surface area contributed by atoms with Gasteiger partial charge >= 0.3 is 0 Å². The minimum Gasteiger partial charge on any atom is -0.494 e. The van der Waals surface area contributed by atoms with Crippen molar-refractivity contribution in [2.75, 3.05) is 18.9 Å². The zero-order valence-corrected chi connectivity index (χ0v) is 24.5. The van der Waals surface area contributed by atoms with Gasteiger partial charge in [0.15, 0.2) is 0 Å². The number of aliphatic hydroxyl groups excluding tert-OH is 3. The molecular formula is C32H36ClNO6S. The van der Waals surface area contributed by atoms with E-state index in [1.54, 1.807) is 12.1 Å². The average Bonchev–Trinajstić information content (AvgIpc) is 3.47. The summed E-state index contributed by atoms with van der Waals surface area (Å²) in [6, 6.07) is 21.5. The van der Waals surface area contributed by atoms with E-state index in [0.29, 0.717) is 29.4 Å². The van der Waals surface area contributed by atoms with Crippen molar-refractivity contribution >= 4 is 29.8 Å². The van der Waals surface area contributed by atoms with Gasteiger partial charge < -0.3 is 29.7 Å². The van der Waals surface area contributed by atoms with Crippen molar-refractivity contribution in [1.29, 1.82) is 0 Å². The zero-order valence-electron chi connectivity index (χ0n) is 22.9. The molecule has 2 aliphatic rings. The van der Waals surface area contributed by atoms with Crippen LogP contribution >= 0.6 is 23.4 Å². The molecule has 218 valence electrons. The van der Waals surface area contributed by atoms with Gasteiger partial charge in [-0.25, -0.2) is 0 Å². The first-order valence-electron chi connectivity index (χ1n) is 14.0. The van der Waals surface area contributed by atoms with Gasteiger partial charge in [0.05, 0.1) is 18.8 Å². The molecule has 2 saturated heterocycles. The highest BCUT2D eigenvalue weighted by molar-refractivity contribution is 7.99. The van der Waals surface area contributed by atoms with Crippen molar-refractivity contribution in [3.8, 4) is 5.75 Å². The molecule has 41 heavy (non-hydrogen) atoms. The van der Waals surface area contributed by atoms with Gasteiger partial charge in [-0.1, -0.05) is 48.0 Å². The summed E-state index contributed by atoms with van der Waals surface area (Å²) in [6.07, 6.45) is -1.95. The summed E-state index contributed by atoms with van der Waals surface area (Å²) in [6.45, 7) is 3.33. The molecule has 0 radical (unpaired) electrons. The number of aliphatic hydroxyl groups is 3. The number of hydrogen-bond acceptors (Lipinski definition) is 7. The van der Waals surface area contributed by atoms with Gasteiger partial charge in [-0.3, -0.25) is 4.79 Å². The van der Waals surface area contributed by atoms with Crippen molar-refractivity contribution in [2.45, 2.75) is 67.6 Å². The van der Waals surface area contributed by atoms with E-state index in [1.165, 1.54) is 11.8 Å². The van der Waals surface area contributed by atoms with Crippen LogP contribution in [0.4, 0.5) is 0 Å². The van der Waals surface area contributed by atoms with Crippen LogP contribution in [0.2, 0.25) is 5.02 Å². The molecular weight excluding hydrogens is 562 g/mol. The second-order valence-electron chi connectivity index (χ2n) is 10.6. The number of rotatable bonds is 10.